The lowest BCUT2D eigenvalue weighted by Gasteiger charge is -2.25. The van der Waals surface area contributed by atoms with E-state index in [4.69, 9.17) is 23.8 Å². The van der Waals surface area contributed by atoms with Crippen LogP contribution >= 0.6 is 23.8 Å². The lowest BCUT2D eigenvalue weighted by Crippen LogP contribution is -2.38. The SMILES string of the molecule is C[C@@H]1Cc2ccccc2N1C(=S)Nc1ccn(Cc2ccc(Cl)cc2)n1. The summed E-state index contributed by atoms with van der Waals surface area (Å²) in [5.41, 5.74) is 3.66. The number of benzene rings is 2. The smallest absolute Gasteiger partial charge is 0.179 e. The molecule has 2 heterocycles. The highest BCUT2D eigenvalue weighted by atomic mass is 35.5. The van der Waals surface area contributed by atoms with Gasteiger partial charge in [0.2, 0.25) is 0 Å². The predicted molar refractivity (Wildman–Crippen MR) is 111 cm³/mol. The molecule has 0 radical (unpaired) electrons. The van der Waals surface area contributed by atoms with E-state index in [2.05, 4.69) is 40.4 Å². The third kappa shape index (κ3) is 3.45. The van der Waals surface area contributed by atoms with Crippen LogP contribution in [0.15, 0.2) is 60.8 Å². The molecule has 4 nitrogen and oxygen atoms in total. The monoisotopic (exact) mass is 382 g/mol. The number of nitrogens with zero attached hydrogens (tertiary/aromatic N) is 3. The van der Waals surface area contributed by atoms with Crippen LogP contribution in [0.1, 0.15) is 18.1 Å². The lowest BCUT2D eigenvalue weighted by molar-refractivity contribution is 0.690. The van der Waals surface area contributed by atoms with Crippen LogP contribution < -0.4 is 10.2 Å². The Morgan fingerprint density at radius 1 is 1.19 bits per heavy atom. The number of nitrogens with one attached hydrogen (secondary N) is 1. The molecule has 3 aromatic rings. The molecule has 132 valence electrons. The zero-order valence-corrected chi connectivity index (χ0v) is 16.0. The summed E-state index contributed by atoms with van der Waals surface area (Å²) in [5.74, 6) is 0.751. The van der Waals surface area contributed by atoms with E-state index in [0.29, 0.717) is 17.7 Å². The predicted octanol–water partition coefficient (Wildman–Crippen LogP) is 4.73. The van der Waals surface area contributed by atoms with Crippen molar-refractivity contribution >= 4 is 40.4 Å². The Bertz CT molecular complexity index is 935. The number of hydrogen-bond donors (Lipinski definition) is 1. The van der Waals surface area contributed by atoms with Crippen LogP contribution in [0.3, 0.4) is 0 Å². The van der Waals surface area contributed by atoms with Crippen LogP contribution in [0, 0.1) is 0 Å². The molecule has 0 amide bonds. The van der Waals surface area contributed by atoms with Crippen molar-refractivity contribution in [2.75, 3.05) is 10.2 Å². The average molecular weight is 383 g/mol. The van der Waals surface area contributed by atoms with Gasteiger partial charge in [0, 0.05) is 29.0 Å². The van der Waals surface area contributed by atoms with Crippen molar-refractivity contribution in [2.45, 2.75) is 25.9 Å². The Hall–Kier alpha value is -2.37. The maximum Gasteiger partial charge on any atom is 0.179 e. The largest absolute Gasteiger partial charge is 0.315 e. The number of halogens is 1. The van der Waals surface area contributed by atoms with Gasteiger partial charge < -0.3 is 10.2 Å². The van der Waals surface area contributed by atoms with Crippen molar-refractivity contribution in [2.24, 2.45) is 0 Å². The van der Waals surface area contributed by atoms with Crippen LogP contribution in [0.25, 0.3) is 0 Å². The highest BCUT2D eigenvalue weighted by molar-refractivity contribution is 7.80. The van der Waals surface area contributed by atoms with Gasteiger partial charge >= 0.3 is 0 Å². The van der Waals surface area contributed by atoms with Gasteiger partial charge in [-0.1, -0.05) is 41.9 Å². The van der Waals surface area contributed by atoms with E-state index in [-0.39, 0.29) is 0 Å². The highest BCUT2D eigenvalue weighted by Gasteiger charge is 2.28. The molecule has 0 saturated carbocycles. The van der Waals surface area contributed by atoms with Crippen molar-refractivity contribution < 1.29 is 0 Å². The van der Waals surface area contributed by atoms with Gasteiger partial charge in [-0.2, -0.15) is 5.10 Å². The van der Waals surface area contributed by atoms with Crippen molar-refractivity contribution in [3.05, 3.63) is 76.9 Å². The van der Waals surface area contributed by atoms with Crippen molar-refractivity contribution in [3.63, 3.8) is 0 Å². The van der Waals surface area contributed by atoms with E-state index in [1.807, 2.05) is 47.3 Å². The first-order valence-corrected chi connectivity index (χ1v) is 9.35. The quantitative estimate of drug-likeness (QED) is 0.664. The molecule has 1 N–H and O–H groups in total. The molecular weight excluding hydrogens is 364 g/mol. The molecule has 1 aliphatic heterocycles. The zero-order valence-electron chi connectivity index (χ0n) is 14.4. The summed E-state index contributed by atoms with van der Waals surface area (Å²) in [5, 5.41) is 9.27. The second-order valence-corrected chi connectivity index (χ2v) is 7.33. The van der Waals surface area contributed by atoms with E-state index in [9.17, 15) is 0 Å². The first-order chi connectivity index (χ1) is 12.6. The van der Waals surface area contributed by atoms with Crippen LogP contribution in [-0.4, -0.2) is 20.9 Å². The molecule has 0 bridgehead atoms. The van der Waals surface area contributed by atoms with Crippen molar-refractivity contribution in [3.8, 4) is 0 Å². The topological polar surface area (TPSA) is 33.1 Å². The molecule has 0 saturated heterocycles. The molecule has 1 aromatic heterocycles. The number of thiocarbonyl (C=S) groups is 1. The molecule has 6 heteroatoms. The Balaban J connectivity index is 1.46. The van der Waals surface area contributed by atoms with Gasteiger partial charge in [0.15, 0.2) is 10.9 Å². The number of anilines is 2. The summed E-state index contributed by atoms with van der Waals surface area (Å²) >= 11 is 11.6. The minimum atomic E-state index is 0.337. The summed E-state index contributed by atoms with van der Waals surface area (Å²) in [6.07, 6.45) is 2.95. The minimum Gasteiger partial charge on any atom is -0.315 e. The fraction of sp³-hybridized carbons (Fsp3) is 0.200. The molecule has 4 rings (SSSR count). The van der Waals surface area contributed by atoms with Gasteiger partial charge in [-0.15, -0.1) is 0 Å². The lowest BCUT2D eigenvalue weighted by atomic mass is 10.1. The van der Waals surface area contributed by atoms with Gasteiger partial charge in [-0.05, 0) is 54.9 Å². The highest BCUT2D eigenvalue weighted by Crippen LogP contribution is 2.32. The molecule has 1 atom stereocenters. The van der Waals surface area contributed by atoms with Crippen molar-refractivity contribution in [1.29, 1.82) is 0 Å². The van der Waals surface area contributed by atoms with Gasteiger partial charge in [0.25, 0.3) is 0 Å². The van der Waals surface area contributed by atoms with E-state index < -0.39 is 0 Å². The van der Waals surface area contributed by atoms with Gasteiger partial charge in [-0.25, -0.2) is 0 Å². The second kappa shape index (κ2) is 7.09. The van der Waals surface area contributed by atoms with Crippen LogP contribution in [0.5, 0.6) is 0 Å². The third-order valence-corrected chi connectivity index (χ3v) is 5.11. The van der Waals surface area contributed by atoms with Gasteiger partial charge in [0.1, 0.15) is 0 Å². The molecule has 0 aliphatic carbocycles. The van der Waals surface area contributed by atoms with Crippen molar-refractivity contribution in [1.82, 2.24) is 9.78 Å². The van der Waals surface area contributed by atoms with E-state index >= 15 is 0 Å². The molecule has 26 heavy (non-hydrogen) atoms. The summed E-state index contributed by atoms with van der Waals surface area (Å²) < 4.78 is 1.88. The zero-order chi connectivity index (χ0) is 18.1. The standard InChI is InChI=1S/C20H19ClN4S/c1-14-12-16-4-2-3-5-18(16)25(14)20(26)22-19-10-11-24(23-19)13-15-6-8-17(21)9-7-15/h2-11,14H,12-13H2,1H3,(H,22,23,26)/t14-/m1/s1. The van der Waals surface area contributed by atoms with Gasteiger partial charge in [-0.3, -0.25) is 4.68 Å². The maximum absolute atomic E-state index is 5.93. The fourth-order valence-corrected chi connectivity index (χ4v) is 3.85. The third-order valence-electron chi connectivity index (χ3n) is 4.56. The van der Waals surface area contributed by atoms with E-state index in [0.717, 1.165) is 22.8 Å². The number of para-hydroxylation sites is 1. The molecule has 0 spiro atoms. The molecule has 0 unspecified atom stereocenters. The minimum absolute atomic E-state index is 0.337. The Morgan fingerprint density at radius 3 is 2.77 bits per heavy atom. The van der Waals surface area contributed by atoms with Crippen LogP contribution in [0.4, 0.5) is 11.5 Å². The molecular formula is C20H19ClN4S. The van der Waals surface area contributed by atoms with Crippen LogP contribution in [0.2, 0.25) is 5.02 Å². The summed E-state index contributed by atoms with van der Waals surface area (Å²) in [6.45, 7) is 2.88. The maximum atomic E-state index is 5.93. The van der Waals surface area contributed by atoms with E-state index in [1.54, 1.807) is 0 Å². The number of hydrogen-bond acceptors (Lipinski definition) is 2. The number of fused-ring (bicyclic) bond motifs is 1. The molecule has 1 aliphatic rings. The summed E-state index contributed by atoms with van der Waals surface area (Å²) in [6, 6.07) is 18.5. The summed E-state index contributed by atoms with van der Waals surface area (Å²) in [7, 11) is 0. The number of rotatable bonds is 3. The normalized spacial score (nSPS) is 15.8. The fourth-order valence-electron chi connectivity index (χ4n) is 3.34. The second-order valence-electron chi connectivity index (χ2n) is 6.51. The average Bonchev–Trinajstić information content (AvgIpc) is 3.19. The Morgan fingerprint density at radius 2 is 1.96 bits per heavy atom. The Kier molecular flexibility index (Phi) is 4.66. The number of aromatic nitrogens is 2. The first-order valence-electron chi connectivity index (χ1n) is 8.56. The Labute approximate surface area is 163 Å². The summed E-state index contributed by atoms with van der Waals surface area (Å²) in [4.78, 5) is 2.17. The van der Waals surface area contributed by atoms with Gasteiger partial charge in [0.05, 0.1) is 6.54 Å². The molecule has 2 aromatic carbocycles. The van der Waals surface area contributed by atoms with E-state index in [1.165, 1.54) is 11.3 Å². The first kappa shape index (κ1) is 17.1. The van der Waals surface area contributed by atoms with Crippen LogP contribution in [-0.2, 0) is 13.0 Å². The molecule has 0 fully saturated rings.